The fourth-order valence-corrected chi connectivity index (χ4v) is 3.49. The number of hydrogen-bond donors (Lipinski definition) is 0. The Morgan fingerprint density at radius 2 is 0.705 bits per heavy atom. The lowest BCUT2D eigenvalue weighted by Crippen LogP contribution is -2.16. The third kappa shape index (κ3) is 36.8. The molecule has 0 aromatic heterocycles. The molecule has 0 aromatic rings. The Bertz CT molecular complexity index is 595. The summed E-state index contributed by atoms with van der Waals surface area (Å²) in [5.41, 5.74) is 0. The second-order valence-electron chi connectivity index (χ2n) is 9.62. The van der Waals surface area contributed by atoms with E-state index in [1.54, 1.807) is 0 Å². The molecule has 262 valence electrons. The van der Waals surface area contributed by atoms with Gasteiger partial charge in [-0.3, -0.25) is 4.79 Å². The topological polar surface area (TPSA) is 136 Å². The molecule has 0 saturated carbocycles. The van der Waals surface area contributed by atoms with Gasteiger partial charge >= 0.3 is 11.9 Å². The molecule has 0 spiro atoms. The van der Waals surface area contributed by atoms with Gasteiger partial charge in [0.1, 0.15) is 13.2 Å². The summed E-state index contributed by atoms with van der Waals surface area (Å²) in [7, 11) is 1.31. The van der Waals surface area contributed by atoms with E-state index in [0.717, 1.165) is 12.8 Å². The highest BCUT2D eigenvalue weighted by Crippen LogP contribution is 2.08. The summed E-state index contributed by atoms with van der Waals surface area (Å²) in [4.78, 5) is 22.5. The lowest BCUT2D eigenvalue weighted by Gasteiger charge is -2.09. The fourth-order valence-electron chi connectivity index (χ4n) is 3.49. The second kappa shape index (κ2) is 37.8. The molecule has 44 heavy (non-hydrogen) atoms. The minimum atomic E-state index is -0.409. The molecule has 0 rings (SSSR count). The summed E-state index contributed by atoms with van der Waals surface area (Å²) < 4.78 is 58.1. The lowest BCUT2D eigenvalue weighted by molar-refractivity contribution is -0.146. The van der Waals surface area contributed by atoms with Crippen LogP contribution in [-0.2, 0) is 61.7 Å². The monoisotopic (exact) mass is 640 g/mol. The van der Waals surface area contributed by atoms with E-state index in [1.807, 2.05) is 0 Å². The first-order valence-corrected chi connectivity index (χ1v) is 16.1. The maximum atomic E-state index is 11.7. The summed E-state index contributed by atoms with van der Waals surface area (Å²) in [6.45, 7) is 10.2. The Morgan fingerprint density at radius 3 is 1.07 bits per heavy atom. The molecule has 0 unspecified atom stereocenters. The van der Waals surface area contributed by atoms with E-state index in [-0.39, 0.29) is 19.2 Å². The highest BCUT2D eigenvalue weighted by atomic mass is 16.6. The van der Waals surface area contributed by atoms with Crippen molar-refractivity contribution in [1.29, 1.82) is 0 Å². The molecule has 0 aliphatic rings. The molecule has 0 fully saturated rings. The Balaban J connectivity index is 3.11. The normalized spacial score (nSPS) is 11.2. The zero-order valence-corrected chi connectivity index (χ0v) is 27.4. The van der Waals surface area contributed by atoms with Gasteiger partial charge in [0.15, 0.2) is 0 Å². The minimum absolute atomic E-state index is 0.0715. The van der Waals surface area contributed by atoms with E-state index >= 15 is 0 Å². The smallest absolute Gasteiger partial charge is 0.331 e. The first-order chi connectivity index (χ1) is 21.7. The number of hydrogen-bond acceptors (Lipinski definition) is 13. The fraction of sp³-hybridized carbons (Fsp3) is 0.935. The van der Waals surface area contributed by atoms with Crippen LogP contribution in [0.3, 0.4) is 0 Å². The Morgan fingerprint density at radius 1 is 0.386 bits per heavy atom. The van der Waals surface area contributed by atoms with E-state index in [4.69, 9.17) is 47.4 Å². The average Bonchev–Trinajstić information content (AvgIpc) is 3.03. The largest absolute Gasteiger partial charge is 0.467 e. The van der Waals surface area contributed by atoms with Gasteiger partial charge in [-0.15, -0.1) is 0 Å². The quantitative estimate of drug-likeness (QED) is 0.0728. The standard InChI is InChI=1S/C31H60O13/c1-3-4-5-6-7-8-9-10-30(32)44-28-27-42-24-23-40-20-19-38-16-15-36-12-11-35-13-14-37-17-18-39-21-22-41-25-26-43-29-31(33)34-2/h3-29H2,1-2H3. The van der Waals surface area contributed by atoms with Crippen molar-refractivity contribution < 1.29 is 61.7 Å². The van der Waals surface area contributed by atoms with Crippen molar-refractivity contribution in [2.75, 3.05) is 133 Å². The van der Waals surface area contributed by atoms with E-state index < -0.39 is 5.97 Å². The van der Waals surface area contributed by atoms with Gasteiger partial charge < -0.3 is 52.1 Å². The summed E-state index contributed by atoms with van der Waals surface area (Å²) in [6.07, 6.45) is 8.78. The maximum absolute atomic E-state index is 11.7. The third-order valence-corrected chi connectivity index (χ3v) is 5.90. The van der Waals surface area contributed by atoms with Crippen molar-refractivity contribution in [3.8, 4) is 0 Å². The number of carbonyl (C=O) groups excluding carboxylic acids is 2. The van der Waals surface area contributed by atoms with Gasteiger partial charge in [0.2, 0.25) is 0 Å². The zero-order valence-electron chi connectivity index (χ0n) is 27.4. The molecule has 0 radical (unpaired) electrons. The molecule has 0 atom stereocenters. The first-order valence-electron chi connectivity index (χ1n) is 16.1. The molecular weight excluding hydrogens is 580 g/mol. The molecule has 0 heterocycles. The average molecular weight is 641 g/mol. The molecular formula is C31H60O13. The summed E-state index contributed by atoms with van der Waals surface area (Å²) in [5, 5.41) is 0. The number of carbonyl (C=O) groups is 2. The Labute approximate surface area is 264 Å². The summed E-state index contributed by atoms with van der Waals surface area (Å²) in [6, 6.07) is 0. The van der Waals surface area contributed by atoms with Crippen LogP contribution in [-0.4, -0.2) is 145 Å². The predicted octanol–water partition coefficient (Wildman–Crippen LogP) is 2.99. The number of methoxy groups -OCH3 is 1. The molecule has 0 aromatic carbocycles. The van der Waals surface area contributed by atoms with Crippen LogP contribution < -0.4 is 0 Å². The highest BCUT2D eigenvalue weighted by molar-refractivity contribution is 5.70. The minimum Gasteiger partial charge on any atom is -0.467 e. The molecule has 0 N–H and O–H groups in total. The van der Waals surface area contributed by atoms with E-state index in [0.29, 0.717) is 119 Å². The second-order valence-corrected chi connectivity index (χ2v) is 9.62. The predicted molar refractivity (Wildman–Crippen MR) is 163 cm³/mol. The molecule has 13 heteroatoms. The Kier molecular flexibility index (Phi) is 36.5. The van der Waals surface area contributed by atoms with Crippen LogP contribution in [0, 0.1) is 0 Å². The third-order valence-electron chi connectivity index (χ3n) is 5.90. The summed E-state index contributed by atoms with van der Waals surface area (Å²) in [5.74, 6) is -0.553. The van der Waals surface area contributed by atoms with Crippen LogP contribution in [0.15, 0.2) is 0 Å². The zero-order chi connectivity index (χ0) is 32.0. The maximum Gasteiger partial charge on any atom is 0.331 e. The van der Waals surface area contributed by atoms with Gasteiger partial charge in [-0.05, 0) is 6.42 Å². The number of unbranched alkanes of at least 4 members (excludes halogenated alkanes) is 6. The van der Waals surface area contributed by atoms with Crippen LogP contribution >= 0.6 is 0 Å². The van der Waals surface area contributed by atoms with Gasteiger partial charge in [-0.25, -0.2) is 4.79 Å². The van der Waals surface area contributed by atoms with Crippen molar-refractivity contribution in [1.82, 2.24) is 0 Å². The molecule has 0 aliphatic heterocycles. The van der Waals surface area contributed by atoms with Crippen LogP contribution in [0.2, 0.25) is 0 Å². The van der Waals surface area contributed by atoms with Gasteiger partial charge in [0, 0.05) is 6.42 Å². The van der Waals surface area contributed by atoms with E-state index in [2.05, 4.69) is 11.7 Å². The van der Waals surface area contributed by atoms with Crippen LogP contribution in [0.4, 0.5) is 0 Å². The molecule has 13 nitrogen and oxygen atoms in total. The SMILES string of the molecule is CCCCCCCCCC(=O)OCCOCCOCCOCCOCCOCCOCCOCCOCCOCC(=O)OC. The van der Waals surface area contributed by atoms with E-state index in [9.17, 15) is 9.59 Å². The van der Waals surface area contributed by atoms with Gasteiger partial charge in [0.25, 0.3) is 0 Å². The number of esters is 2. The van der Waals surface area contributed by atoms with Crippen LogP contribution in [0.25, 0.3) is 0 Å². The van der Waals surface area contributed by atoms with Gasteiger partial charge in [-0.2, -0.15) is 0 Å². The first kappa shape index (κ1) is 42.6. The lowest BCUT2D eigenvalue weighted by atomic mass is 10.1. The van der Waals surface area contributed by atoms with Crippen LogP contribution in [0.1, 0.15) is 58.3 Å². The van der Waals surface area contributed by atoms with Crippen molar-refractivity contribution in [2.24, 2.45) is 0 Å². The van der Waals surface area contributed by atoms with Crippen LogP contribution in [0.5, 0.6) is 0 Å². The van der Waals surface area contributed by atoms with Gasteiger partial charge in [-0.1, -0.05) is 45.4 Å². The van der Waals surface area contributed by atoms with Crippen molar-refractivity contribution >= 4 is 11.9 Å². The molecule has 0 saturated heterocycles. The number of ether oxygens (including phenoxy) is 11. The van der Waals surface area contributed by atoms with Crippen molar-refractivity contribution in [2.45, 2.75) is 58.3 Å². The molecule has 0 bridgehead atoms. The van der Waals surface area contributed by atoms with E-state index in [1.165, 1.54) is 39.2 Å². The van der Waals surface area contributed by atoms with Crippen molar-refractivity contribution in [3.63, 3.8) is 0 Å². The molecule has 0 aliphatic carbocycles. The summed E-state index contributed by atoms with van der Waals surface area (Å²) >= 11 is 0. The highest BCUT2D eigenvalue weighted by Gasteiger charge is 2.03. The number of rotatable bonds is 37. The van der Waals surface area contributed by atoms with Crippen molar-refractivity contribution in [3.05, 3.63) is 0 Å². The Hall–Kier alpha value is -1.42. The van der Waals surface area contributed by atoms with Gasteiger partial charge in [0.05, 0.1) is 119 Å². The molecule has 0 amide bonds.